The Hall–Kier alpha value is -3.16. The highest BCUT2D eigenvalue weighted by atomic mass is 32.2. The van der Waals surface area contributed by atoms with Crippen LogP contribution in [0, 0.1) is 0 Å². The molecule has 2 N–H and O–H groups in total. The number of nitrogens with zero attached hydrogens (tertiary/aromatic N) is 1. The van der Waals surface area contributed by atoms with Crippen molar-refractivity contribution in [3.8, 4) is 17.1 Å². The number of para-hydroxylation sites is 1. The number of benzene rings is 3. The Balaban J connectivity index is 1.58. The van der Waals surface area contributed by atoms with Crippen molar-refractivity contribution in [2.45, 2.75) is 18.4 Å². The van der Waals surface area contributed by atoms with Gasteiger partial charge in [-0.2, -0.15) is 0 Å². The fourth-order valence-electron chi connectivity index (χ4n) is 3.09. The van der Waals surface area contributed by atoms with Gasteiger partial charge in [0.15, 0.2) is 0 Å². The quantitative estimate of drug-likeness (QED) is 0.483. The first-order chi connectivity index (χ1) is 14.1. The number of hydrogen-bond acceptors (Lipinski definition) is 4. The van der Waals surface area contributed by atoms with Gasteiger partial charge < -0.3 is 9.72 Å². The van der Waals surface area contributed by atoms with E-state index in [1.807, 2.05) is 61.5 Å². The van der Waals surface area contributed by atoms with Crippen LogP contribution in [0.15, 0.2) is 77.7 Å². The van der Waals surface area contributed by atoms with Gasteiger partial charge in [0.2, 0.25) is 10.0 Å². The van der Waals surface area contributed by atoms with E-state index in [1.165, 1.54) is 0 Å². The van der Waals surface area contributed by atoms with E-state index in [2.05, 4.69) is 14.7 Å². The third kappa shape index (κ3) is 4.16. The van der Waals surface area contributed by atoms with Crippen LogP contribution in [-0.4, -0.2) is 25.0 Å². The van der Waals surface area contributed by atoms with Gasteiger partial charge in [-0.05, 0) is 31.2 Å². The Bertz CT molecular complexity index is 1230. The molecular formula is C22H21N3O3S. The first-order valence-electron chi connectivity index (χ1n) is 9.32. The molecule has 0 saturated heterocycles. The molecule has 0 spiro atoms. The molecule has 0 unspecified atom stereocenters. The predicted octanol–water partition coefficient (Wildman–Crippen LogP) is 4.11. The van der Waals surface area contributed by atoms with Gasteiger partial charge in [0.1, 0.15) is 11.6 Å². The van der Waals surface area contributed by atoms with Crippen LogP contribution in [0.1, 0.15) is 12.5 Å². The molecule has 4 aromatic rings. The minimum absolute atomic E-state index is 0.148. The van der Waals surface area contributed by atoms with Crippen LogP contribution in [0.25, 0.3) is 22.4 Å². The number of aromatic nitrogens is 2. The Morgan fingerprint density at radius 1 is 1.00 bits per heavy atom. The summed E-state index contributed by atoms with van der Waals surface area (Å²) in [7, 11) is -3.69. The molecule has 0 aliphatic heterocycles. The predicted molar refractivity (Wildman–Crippen MR) is 113 cm³/mol. The summed E-state index contributed by atoms with van der Waals surface area (Å²) >= 11 is 0. The van der Waals surface area contributed by atoms with Crippen molar-refractivity contribution >= 4 is 21.1 Å². The Morgan fingerprint density at radius 3 is 2.55 bits per heavy atom. The second kappa shape index (κ2) is 8.06. The summed E-state index contributed by atoms with van der Waals surface area (Å²) in [6.45, 7) is 2.56. The second-order valence-electron chi connectivity index (χ2n) is 6.50. The van der Waals surface area contributed by atoms with Crippen molar-refractivity contribution < 1.29 is 13.2 Å². The Kier molecular flexibility index (Phi) is 5.33. The smallest absolute Gasteiger partial charge is 0.240 e. The summed E-state index contributed by atoms with van der Waals surface area (Å²) in [6.07, 6.45) is 0. The topological polar surface area (TPSA) is 84.1 Å². The van der Waals surface area contributed by atoms with Gasteiger partial charge >= 0.3 is 0 Å². The molecule has 6 nitrogen and oxygen atoms in total. The second-order valence-corrected chi connectivity index (χ2v) is 8.26. The van der Waals surface area contributed by atoms with Gasteiger partial charge in [0.25, 0.3) is 0 Å². The number of rotatable bonds is 7. The van der Waals surface area contributed by atoms with E-state index in [0.717, 1.165) is 11.1 Å². The molecule has 1 heterocycles. The third-order valence-corrected chi connectivity index (χ3v) is 5.93. The number of hydrogen-bond donors (Lipinski definition) is 2. The zero-order valence-electron chi connectivity index (χ0n) is 15.9. The van der Waals surface area contributed by atoms with Crippen LogP contribution in [0.3, 0.4) is 0 Å². The lowest BCUT2D eigenvalue weighted by atomic mass is 10.2. The van der Waals surface area contributed by atoms with Gasteiger partial charge in [-0.1, -0.05) is 48.5 Å². The summed E-state index contributed by atoms with van der Waals surface area (Å²) < 4.78 is 33.8. The molecule has 0 radical (unpaired) electrons. The Morgan fingerprint density at radius 2 is 1.76 bits per heavy atom. The van der Waals surface area contributed by atoms with Gasteiger partial charge in [-0.25, -0.2) is 18.1 Å². The molecule has 148 valence electrons. The van der Waals surface area contributed by atoms with E-state index in [0.29, 0.717) is 29.2 Å². The lowest BCUT2D eigenvalue weighted by Gasteiger charge is -2.11. The fourth-order valence-corrected chi connectivity index (χ4v) is 4.12. The molecule has 0 atom stereocenters. The van der Waals surface area contributed by atoms with Crippen LogP contribution in [0.5, 0.6) is 5.75 Å². The van der Waals surface area contributed by atoms with Crippen LogP contribution >= 0.6 is 0 Å². The monoisotopic (exact) mass is 407 g/mol. The van der Waals surface area contributed by atoms with E-state index in [1.54, 1.807) is 18.2 Å². The summed E-state index contributed by atoms with van der Waals surface area (Å²) in [6, 6.07) is 22.0. The van der Waals surface area contributed by atoms with Crippen molar-refractivity contribution in [2.24, 2.45) is 0 Å². The van der Waals surface area contributed by atoms with Crippen molar-refractivity contribution in [2.75, 3.05) is 6.61 Å². The summed E-state index contributed by atoms with van der Waals surface area (Å²) in [5.74, 6) is 1.38. The number of ether oxygens (including phenoxy) is 1. The zero-order valence-corrected chi connectivity index (χ0v) is 16.7. The van der Waals surface area contributed by atoms with E-state index in [9.17, 15) is 8.42 Å². The zero-order chi connectivity index (χ0) is 20.3. The third-order valence-electron chi connectivity index (χ3n) is 4.54. The van der Waals surface area contributed by atoms with Gasteiger partial charge in [-0.15, -0.1) is 0 Å². The number of imidazole rings is 1. The molecule has 1 aromatic heterocycles. The Labute approximate surface area is 169 Å². The maximum atomic E-state index is 12.8. The molecular weight excluding hydrogens is 386 g/mol. The molecule has 0 saturated carbocycles. The number of fused-ring (bicyclic) bond motifs is 1. The highest BCUT2D eigenvalue weighted by Crippen LogP contribution is 2.23. The molecule has 3 aromatic carbocycles. The average Bonchev–Trinajstić information content (AvgIpc) is 3.17. The van der Waals surface area contributed by atoms with Crippen LogP contribution in [0.2, 0.25) is 0 Å². The summed E-state index contributed by atoms with van der Waals surface area (Å²) in [5, 5.41) is 0. The van der Waals surface area contributed by atoms with Crippen LogP contribution in [-0.2, 0) is 16.6 Å². The average molecular weight is 407 g/mol. The molecule has 29 heavy (non-hydrogen) atoms. The minimum Gasteiger partial charge on any atom is -0.494 e. The van der Waals surface area contributed by atoms with E-state index < -0.39 is 10.0 Å². The number of sulfonamides is 1. The molecule has 0 fully saturated rings. The van der Waals surface area contributed by atoms with Gasteiger partial charge in [0, 0.05) is 17.7 Å². The number of H-pyrrole nitrogens is 1. The summed E-state index contributed by atoms with van der Waals surface area (Å²) in [5.41, 5.74) is 3.11. The van der Waals surface area contributed by atoms with E-state index in [4.69, 9.17) is 4.74 Å². The molecule has 4 rings (SSSR count). The van der Waals surface area contributed by atoms with Crippen LogP contribution in [0.4, 0.5) is 0 Å². The maximum Gasteiger partial charge on any atom is 0.240 e. The SMILES string of the molecule is CCOc1ccccc1CNS(=O)(=O)c1ccc2nc(-c3ccccc3)[nH]c2c1. The molecule has 7 heteroatoms. The maximum absolute atomic E-state index is 12.8. The first kappa shape index (κ1) is 19.2. The number of nitrogens with one attached hydrogen (secondary N) is 2. The van der Waals surface area contributed by atoms with Gasteiger partial charge in [-0.3, -0.25) is 0 Å². The molecule has 0 aliphatic carbocycles. The van der Waals surface area contributed by atoms with Gasteiger partial charge in [0.05, 0.1) is 22.5 Å². The van der Waals surface area contributed by atoms with E-state index in [-0.39, 0.29) is 11.4 Å². The normalized spacial score (nSPS) is 11.6. The minimum atomic E-state index is -3.69. The van der Waals surface area contributed by atoms with Crippen molar-refractivity contribution in [1.29, 1.82) is 0 Å². The lowest BCUT2D eigenvalue weighted by Crippen LogP contribution is -2.23. The first-order valence-corrected chi connectivity index (χ1v) is 10.8. The molecule has 0 amide bonds. The summed E-state index contributed by atoms with van der Waals surface area (Å²) in [4.78, 5) is 7.93. The largest absolute Gasteiger partial charge is 0.494 e. The van der Waals surface area contributed by atoms with Crippen molar-refractivity contribution in [1.82, 2.24) is 14.7 Å². The molecule has 0 bridgehead atoms. The van der Waals surface area contributed by atoms with E-state index >= 15 is 0 Å². The highest BCUT2D eigenvalue weighted by Gasteiger charge is 2.17. The number of aromatic amines is 1. The van der Waals surface area contributed by atoms with Crippen molar-refractivity contribution in [3.63, 3.8) is 0 Å². The lowest BCUT2D eigenvalue weighted by molar-refractivity contribution is 0.336. The highest BCUT2D eigenvalue weighted by molar-refractivity contribution is 7.89. The van der Waals surface area contributed by atoms with Crippen molar-refractivity contribution in [3.05, 3.63) is 78.4 Å². The standard InChI is InChI=1S/C22H21N3O3S/c1-2-28-21-11-7-6-10-17(21)15-23-29(26,27)18-12-13-19-20(14-18)25-22(24-19)16-8-4-3-5-9-16/h3-14,23H,2,15H2,1H3,(H,24,25). The molecule has 0 aliphatic rings. The van der Waals surface area contributed by atoms with Crippen LogP contribution < -0.4 is 9.46 Å². The fraction of sp³-hybridized carbons (Fsp3) is 0.136.